The molecular formula is C22H26N10O4. The van der Waals surface area contributed by atoms with Crippen LogP contribution in [-0.4, -0.2) is 62.2 Å². The van der Waals surface area contributed by atoms with Crippen LogP contribution < -0.4 is 35.5 Å². The lowest BCUT2D eigenvalue weighted by Gasteiger charge is -2.15. The summed E-state index contributed by atoms with van der Waals surface area (Å²) in [6.45, 7) is -0.471. The third-order valence-corrected chi connectivity index (χ3v) is 5.37. The minimum atomic E-state index is -1.07. The molecule has 0 spiro atoms. The molecule has 0 bridgehead atoms. The maximum atomic E-state index is 10.3. The highest BCUT2D eigenvalue weighted by Gasteiger charge is 2.29. The molecule has 0 saturated heterocycles. The molecule has 0 aliphatic carbocycles. The highest BCUT2D eigenvalue weighted by molar-refractivity contribution is 5.60. The van der Waals surface area contributed by atoms with Gasteiger partial charge < -0.3 is 40.6 Å². The SMILES string of the molecule is CN(C)c1nnc(NCCc2cccc3c2OC(Oc2cc(Nc4n[nH]c(N)n4)ccc2O)O3)n1C. The molecule has 1 atom stereocenters. The Hall–Kier alpha value is -4.88. The normalized spacial score (nSPS) is 14.0. The molecule has 0 fully saturated rings. The summed E-state index contributed by atoms with van der Waals surface area (Å²) in [7, 11) is 5.73. The number of para-hydroxylation sites is 1. The first kappa shape index (κ1) is 22.9. The Labute approximate surface area is 206 Å². The van der Waals surface area contributed by atoms with Crippen molar-refractivity contribution < 1.29 is 19.3 Å². The highest BCUT2D eigenvalue weighted by atomic mass is 16.9. The van der Waals surface area contributed by atoms with Gasteiger partial charge in [-0.15, -0.1) is 15.3 Å². The molecule has 188 valence electrons. The van der Waals surface area contributed by atoms with Gasteiger partial charge in [0.1, 0.15) is 0 Å². The standard InChI is InChI=1S/C22H26N10O4/c1-31(2)21-30-29-20(32(21)3)24-10-9-12-5-4-6-15-17(12)36-22(34-15)35-16-11-13(7-8-14(16)33)25-19-26-18(23)27-28-19/h4-8,11,22,33H,9-10H2,1-3H3,(H,24,29)(H4,23,25,26,27,28). The number of rotatable bonds is 9. The van der Waals surface area contributed by atoms with Crippen molar-refractivity contribution in [2.75, 3.05) is 41.9 Å². The van der Waals surface area contributed by atoms with Crippen LogP contribution in [0, 0.1) is 0 Å². The monoisotopic (exact) mass is 494 g/mol. The second kappa shape index (κ2) is 9.40. The number of benzene rings is 2. The van der Waals surface area contributed by atoms with Crippen LogP contribution in [0.25, 0.3) is 0 Å². The number of phenolic OH excluding ortho intramolecular Hbond substituents is 1. The van der Waals surface area contributed by atoms with E-state index < -0.39 is 6.48 Å². The summed E-state index contributed by atoms with van der Waals surface area (Å²) in [5, 5.41) is 31.3. The van der Waals surface area contributed by atoms with Gasteiger partial charge in [0, 0.05) is 45.0 Å². The van der Waals surface area contributed by atoms with E-state index in [0.717, 1.165) is 11.5 Å². The average Bonchev–Trinajstić information content (AvgIpc) is 3.55. The van der Waals surface area contributed by atoms with Crippen LogP contribution in [0.4, 0.5) is 29.5 Å². The molecule has 1 aliphatic rings. The van der Waals surface area contributed by atoms with Gasteiger partial charge in [-0.05, 0) is 24.6 Å². The Balaban J connectivity index is 1.22. The van der Waals surface area contributed by atoms with Crippen LogP contribution in [0.3, 0.4) is 0 Å². The largest absolute Gasteiger partial charge is 0.504 e. The zero-order valence-electron chi connectivity index (χ0n) is 19.9. The van der Waals surface area contributed by atoms with Crippen LogP contribution in [0.1, 0.15) is 5.56 Å². The highest BCUT2D eigenvalue weighted by Crippen LogP contribution is 2.40. The van der Waals surface area contributed by atoms with E-state index in [0.29, 0.717) is 36.1 Å². The van der Waals surface area contributed by atoms with E-state index >= 15 is 0 Å². The maximum Gasteiger partial charge on any atom is 0.407 e. The van der Waals surface area contributed by atoms with Crippen LogP contribution in [0.5, 0.6) is 23.0 Å². The van der Waals surface area contributed by atoms with Crippen LogP contribution in [-0.2, 0) is 13.5 Å². The molecule has 0 amide bonds. The quantitative estimate of drug-likeness (QED) is 0.214. The van der Waals surface area contributed by atoms with Gasteiger partial charge in [-0.3, -0.25) is 4.57 Å². The van der Waals surface area contributed by atoms with E-state index in [2.05, 4.69) is 36.0 Å². The zero-order valence-corrected chi connectivity index (χ0v) is 19.9. The van der Waals surface area contributed by atoms with Gasteiger partial charge in [0.05, 0.1) is 0 Å². The van der Waals surface area contributed by atoms with Gasteiger partial charge in [0.25, 0.3) is 0 Å². The summed E-state index contributed by atoms with van der Waals surface area (Å²) in [6.07, 6.45) is 0.647. The van der Waals surface area contributed by atoms with Crippen LogP contribution >= 0.6 is 0 Å². The number of ether oxygens (including phenoxy) is 3. The maximum absolute atomic E-state index is 10.3. The second-order valence-electron chi connectivity index (χ2n) is 8.19. The number of fused-ring (bicyclic) bond motifs is 1. The van der Waals surface area contributed by atoms with Gasteiger partial charge in [-0.1, -0.05) is 12.1 Å². The number of nitrogens with one attached hydrogen (secondary N) is 3. The first-order chi connectivity index (χ1) is 17.4. The molecule has 0 radical (unpaired) electrons. The predicted molar refractivity (Wildman–Crippen MR) is 132 cm³/mol. The lowest BCUT2D eigenvalue weighted by atomic mass is 10.1. The molecule has 3 heterocycles. The molecule has 14 nitrogen and oxygen atoms in total. The Kier molecular flexibility index (Phi) is 5.98. The van der Waals surface area contributed by atoms with Crippen LogP contribution in [0.15, 0.2) is 36.4 Å². The van der Waals surface area contributed by atoms with E-state index in [9.17, 15) is 5.11 Å². The average molecular weight is 495 g/mol. The molecule has 1 aliphatic heterocycles. The topological polar surface area (TPSA) is 174 Å². The first-order valence-corrected chi connectivity index (χ1v) is 11.1. The van der Waals surface area contributed by atoms with Gasteiger partial charge in [0.2, 0.25) is 23.8 Å². The lowest BCUT2D eigenvalue weighted by molar-refractivity contribution is -0.113. The smallest absolute Gasteiger partial charge is 0.407 e. The number of nitrogens with zero attached hydrogens (tertiary/aromatic N) is 6. The van der Waals surface area contributed by atoms with E-state index in [4.69, 9.17) is 19.9 Å². The van der Waals surface area contributed by atoms with Gasteiger partial charge in [-0.25, -0.2) is 5.10 Å². The number of nitrogens with two attached hydrogens (primary N) is 1. The predicted octanol–water partition coefficient (Wildman–Crippen LogP) is 1.82. The molecule has 36 heavy (non-hydrogen) atoms. The lowest BCUT2D eigenvalue weighted by Crippen LogP contribution is -2.25. The molecular weight excluding hydrogens is 468 g/mol. The molecule has 5 rings (SSSR count). The third-order valence-electron chi connectivity index (χ3n) is 5.37. The minimum absolute atomic E-state index is 0.0802. The summed E-state index contributed by atoms with van der Waals surface area (Å²) < 4.78 is 19.4. The number of aromatic nitrogens is 6. The zero-order chi connectivity index (χ0) is 25.2. The van der Waals surface area contributed by atoms with Crippen molar-refractivity contribution in [2.45, 2.75) is 12.9 Å². The third kappa shape index (κ3) is 4.68. The fraction of sp³-hybridized carbons (Fsp3) is 0.273. The number of aromatic hydroxyl groups is 1. The van der Waals surface area contributed by atoms with Crippen molar-refractivity contribution in [3.8, 4) is 23.0 Å². The van der Waals surface area contributed by atoms with E-state index in [1.165, 1.54) is 6.07 Å². The second-order valence-corrected chi connectivity index (χ2v) is 8.19. The van der Waals surface area contributed by atoms with Crippen molar-refractivity contribution in [3.63, 3.8) is 0 Å². The van der Waals surface area contributed by atoms with Gasteiger partial charge >= 0.3 is 6.48 Å². The number of hydrogen-bond acceptors (Lipinski definition) is 12. The molecule has 14 heteroatoms. The minimum Gasteiger partial charge on any atom is -0.504 e. The van der Waals surface area contributed by atoms with Crippen molar-refractivity contribution in [3.05, 3.63) is 42.0 Å². The Bertz CT molecular complexity index is 1370. The molecule has 2 aromatic heterocycles. The summed E-state index contributed by atoms with van der Waals surface area (Å²) in [4.78, 5) is 5.88. The van der Waals surface area contributed by atoms with Crippen molar-refractivity contribution >= 4 is 29.5 Å². The number of aromatic amines is 1. The number of anilines is 5. The molecule has 2 aromatic carbocycles. The molecule has 4 aromatic rings. The molecule has 6 N–H and O–H groups in total. The van der Waals surface area contributed by atoms with Crippen molar-refractivity contribution in [2.24, 2.45) is 7.05 Å². The summed E-state index contributed by atoms with van der Waals surface area (Å²) >= 11 is 0. The fourth-order valence-electron chi connectivity index (χ4n) is 3.68. The summed E-state index contributed by atoms with van der Waals surface area (Å²) in [6, 6.07) is 10.3. The number of hydrogen-bond donors (Lipinski definition) is 5. The number of nitrogen functional groups attached to an aromatic ring is 1. The van der Waals surface area contributed by atoms with Crippen molar-refractivity contribution in [1.29, 1.82) is 0 Å². The summed E-state index contributed by atoms with van der Waals surface area (Å²) in [5.74, 6) is 3.09. The first-order valence-electron chi connectivity index (χ1n) is 11.1. The fourth-order valence-corrected chi connectivity index (χ4v) is 3.68. The van der Waals surface area contributed by atoms with E-state index in [1.807, 2.05) is 42.7 Å². The van der Waals surface area contributed by atoms with Crippen molar-refractivity contribution in [1.82, 2.24) is 29.9 Å². The number of phenols is 1. The molecule has 0 saturated carbocycles. The Morgan fingerprint density at radius 2 is 2.08 bits per heavy atom. The van der Waals surface area contributed by atoms with Gasteiger partial charge in [0.15, 0.2) is 23.0 Å². The van der Waals surface area contributed by atoms with Gasteiger partial charge in [-0.2, -0.15) is 4.98 Å². The Morgan fingerprint density at radius 1 is 1.22 bits per heavy atom. The Morgan fingerprint density at radius 3 is 2.83 bits per heavy atom. The number of H-pyrrole nitrogens is 1. The van der Waals surface area contributed by atoms with Crippen LogP contribution in [0.2, 0.25) is 0 Å². The molecule has 1 unspecified atom stereocenters. The van der Waals surface area contributed by atoms with E-state index in [-0.39, 0.29) is 23.4 Å². The summed E-state index contributed by atoms with van der Waals surface area (Å²) in [5.41, 5.74) is 7.06. The van der Waals surface area contributed by atoms with E-state index in [1.54, 1.807) is 18.2 Å².